The summed E-state index contributed by atoms with van der Waals surface area (Å²) in [5.41, 5.74) is 4.61. The number of carbonyl (C=O) groups is 1. The molecule has 1 atom stereocenters. The number of amides is 1. The number of hydrogen-bond donors (Lipinski definition) is 1. The number of nitrogens with one attached hydrogen (secondary N) is 1. The third-order valence-electron chi connectivity index (χ3n) is 5.45. The summed E-state index contributed by atoms with van der Waals surface area (Å²) in [7, 11) is 1.47. The Bertz CT molecular complexity index is 1260. The lowest BCUT2D eigenvalue weighted by Crippen LogP contribution is -2.12. The molecule has 0 spiro atoms. The second kappa shape index (κ2) is 9.23. The molecule has 0 saturated carbocycles. The third kappa shape index (κ3) is 4.45. The second-order valence-electron chi connectivity index (χ2n) is 7.56. The number of rotatable bonds is 6. The normalized spacial score (nSPS) is 12.0. The number of methoxy groups -OCH3 is 1. The number of halogens is 2. The van der Waals surface area contributed by atoms with E-state index in [-0.39, 0.29) is 16.0 Å². The molecule has 0 unspecified atom stereocenters. The molecule has 0 fully saturated rings. The molecule has 164 valence electrons. The van der Waals surface area contributed by atoms with Crippen LogP contribution in [-0.2, 0) is 0 Å². The lowest BCUT2D eigenvalue weighted by atomic mass is 9.98. The van der Waals surface area contributed by atoms with Crippen molar-refractivity contribution >= 4 is 45.9 Å². The average molecular weight is 469 g/mol. The monoisotopic (exact) mass is 468 g/mol. The van der Waals surface area contributed by atoms with Crippen LogP contribution in [0.3, 0.4) is 0 Å². The Hall–Kier alpha value is -3.02. The number of oxazole rings is 1. The largest absolute Gasteiger partial charge is 0.494 e. The highest BCUT2D eigenvalue weighted by Crippen LogP contribution is 2.34. The van der Waals surface area contributed by atoms with Gasteiger partial charge in [0, 0.05) is 16.8 Å². The quantitative estimate of drug-likeness (QED) is 0.316. The molecule has 0 bridgehead atoms. The van der Waals surface area contributed by atoms with Crippen LogP contribution in [0, 0.1) is 0 Å². The van der Waals surface area contributed by atoms with Gasteiger partial charge in [0.25, 0.3) is 5.91 Å². The first kappa shape index (κ1) is 22.2. The highest BCUT2D eigenvalue weighted by atomic mass is 35.5. The summed E-state index contributed by atoms with van der Waals surface area (Å²) in [6, 6.07) is 16.4. The van der Waals surface area contributed by atoms with E-state index in [1.807, 2.05) is 18.2 Å². The van der Waals surface area contributed by atoms with E-state index in [9.17, 15) is 4.79 Å². The molecule has 0 aliphatic heterocycles. The summed E-state index contributed by atoms with van der Waals surface area (Å²) in [4.78, 5) is 17.2. The maximum atomic E-state index is 12.6. The van der Waals surface area contributed by atoms with Gasteiger partial charge >= 0.3 is 0 Å². The second-order valence-corrected chi connectivity index (χ2v) is 8.37. The van der Waals surface area contributed by atoms with Crippen molar-refractivity contribution in [1.29, 1.82) is 0 Å². The van der Waals surface area contributed by atoms with E-state index >= 15 is 0 Å². The molecule has 1 heterocycles. The van der Waals surface area contributed by atoms with Crippen LogP contribution in [0.5, 0.6) is 5.75 Å². The first-order valence-electron chi connectivity index (χ1n) is 10.2. The van der Waals surface area contributed by atoms with Gasteiger partial charge in [0.05, 0.1) is 17.2 Å². The molecule has 1 N–H and O–H groups in total. The van der Waals surface area contributed by atoms with Gasteiger partial charge < -0.3 is 14.5 Å². The number of benzene rings is 3. The summed E-state index contributed by atoms with van der Waals surface area (Å²) in [5.74, 6) is 1.01. The van der Waals surface area contributed by atoms with E-state index in [2.05, 4.69) is 36.3 Å². The molecule has 7 heteroatoms. The Balaban J connectivity index is 1.52. The summed E-state index contributed by atoms with van der Waals surface area (Å²) in [6.07, 6.45) is 1.07. The van der Waals surface area contributed by atoms with Crippen molar-refractivity contribution in [2.45, 2.75) is 26.2 Å². The summed E-state index contributed by atoms with van der Waals surface area (Å²) >= 11 is 12.3. The first-order chi connectivity index (χ1) is 15.4. The molecule has 0 saturated heterocycles. The Morgan fingerprint density at radius 3 is 2.41 bits per heavy atom. The van der Waals surface area contributed by atoms with E-state index < -0.39 is 0 Å². The number of nitrogens with zero attached hydrogens (tertiary/aromatic N) is 1. The lowest BCUT2D eigenvalue weighted by Gasteiger charge is -2.09. The summed E-state index contributed by atoms with van der Waals surface area (Å²) < 4.78 is 11.0. The molecule has 0 aliphatic rings. The predicted octanol–water partition coefficient (Wildman–Crippen LogP) is 7.58. The topological polar surface area (TPSA) is 64.4 Å². The lowest BCUT2D eigenvalue weighted by molar-refractivity contribution is 0.102. The van der Waals surface area contributed by atoms with Crippen LogP contribution in [0.2, 0.25) is 10.0 Å². The summed E-state index contributed by atoms with van der Waals surface area (Å²) in [6.45, 7) is 4.37. The van der Waals surface area contributed by atoms with Crippen LogP contribution < -0.4 is 10.1 Å². The van der Waals surface area contributed by atoms with Gasteiger partial charge in [0.15, 0.2) is 11.3 Å². The van der Waals surface area contributed by atoms with Crippen LogP contribution in [0.4, 0.5) is 5.69 Å². The van der Waals surface area contributed by atoms with Crippen LogP contribution in [0.25, 0.3) is 22.6 Å². The molecule has 0 aliphatic carbocycles. The minimum absolute atomic E-state index is 0.271. The van der Waals surface area contributed by atoms with Crippen LogP contribution in [0.15, 0.2) is 59.0 Å². The van der Waals surface area contributed by atoms with E-state index in [4.69, 9.17) is 32.4 Å². The molecule has 5 nitrogen and oxygen atoms in total. The average Bonchev–Trinajstić information content (AvgIpc) is 3.22. The fourth-order valence-electron chi connectivity index (χ4n) is 3.40. The van der Waals surface area contributed by atoms with Gasteiger partial charge in [-0.1, -0.05) is 43.1 Å². The SMILES string of the molecule is CC[C@H](C)c1ccc2oc(-c3ccc(NC(=O)c4cc(Cl)c(OC)c(Cl)c4)cc3)nc2c1. The summed E-state index contributed by atoms with van der Waals surface area (Å²) in [5, 5.41) is 3.38. The molecular weight excluding hydrogens is 447 g/mol. The minimum atomic E-state index is -0.330. The first-order valence-corrected chi connectivity index (χ1v) is 11.0. The zero-order valence-electron chi connectivity index (χ0n) is 17.9. The van der Waals surface area contributed by atoms with Crippen LogP contribution in [0.1, 0.15) is 42.1 Å². The Morgan fingerprint density at radius 1 is 1.09 bits per heavy atom. The van der Waals surface area contributed by atoms with E-state index in [1.54, 1.807) is 12.1 Å². The molecule has 32 heavy (non-hydrogen) atoms. The molecule has 3 aromatic carbocycles. The number of anilines is 1. The van der Waals surface area contributed by atoms with Gasteiger partial charge in [0.2, 0.25) is 5.89 Å². The molecule has 1 amide bonds. The van der Waals surface area contributed by atoms with Crippen molar-refractivity contribution in [2.24, 2.45) is 0 Å². The number of ether oxygens (including phenoxy) is 1. The standard InChI is InChI=1S/C25H22Cl2N2O3/c1-4-14(2)16-7-10-22-21(13-16)29-25(32-22)15-5-8-18(9-6-15)28-24(30)17-11-19(26)23(31-3)20(27)12-17/h5-14H,4H2,1-3H3,(H,28,30)/t14-/m0/s1. The Labute approximate surface area is 196 Å². The van der Waals surface area contributed by atoms with Crippen molar-refractivity contribution in [3.05, 3.63) is 75.8 Å². The maximum absolute atomic E-state index is 12.6. The number of hydrogen-bond acceptors (Lipinski definition) is 4. The van der Waals surface area contributed by atoms with E-state index in [0.29, 0.717) is 28.8 Å². The number of carbonyl (C=O) groups excluding carboxylic acids is 1. The van der Waals surface area contributed by atoms with Gasteiger partial charge in [-0.25, -0.2) is 4.98 Å². The molecular formula is C25H22Cl2N2O3. The highest BCUT2D eigenvalue weighted by molar-refractivity contribution is 6.37. The minimum Gasteiger partial charge on any atom is -0.494 e. The van der Waals surface area contributed by atoms with Gasteiger partial charge in [-0.15, -0.1) is 0 Å². The van der Waals surface area contributed by atoms with Gasteiger partial charge in [-0.3, -0.25) is 4.79 Å². The predicted molar refractivity (Wildman–Crippen MR) is 129 cm³/mol. The van der Waals surface area contributed by atoms with Crippen molar-refractivity contribution in [3.8, 4) is 17.2 Å². The molecule has 4 aromatic rings. The fraction of sp³-hybridized carbons (Fsp3) is 0.200. The van der Waals surface area contributed by atoms with Gasteiger partial charge in [-0.05, 0) is 66.4 Å². The van der Waals surface area contributed by atoms with Crippen molar-refractivity contribution in [3.63, 3.8) is 0 Å². The smallest absolute Gasteiger partial charge is 0.255 e. The van der Waals surface area contributed by atoms with Crippen LogP contribution in [-0.4, -0.2) is 18.0 Å². The van der Waals surface area contributed by atoms with Crippen LogP contribution >= 0.6 is 23.2 Å². The van der Waals surface area contributed by atoms with Crippen molar-refractivity contribution in [2.75, 3.05) is 12.4 Å². The van der Waals surface area contributed by atoms with Crippen molar-refractivity contribution < 1.29 is 13.9 Å². The maximum Gasteiger partial charge on any atom is 0.255 e. The fourth-order valence-corrected chi connectivity index (χ4v) is 4.04. The van der Waals surface area contributed by atoms with Gasteiger partial charge in [-0.2, -0.15) is 0 Å². The Kier molecular flexibility index (Phi) is 6.40. The van der Waals surface area contributed by atoms with E-state index in [1.165, 1.54) is 24.8 Å². The molecule has 0 radical (unpaired) electrons. The van der Waals surface area contributed by atoms with E-state index in [0.717, 1.165) is 23.1 Å². The third-order valence-corrected chi connectivity index (χ3v) is 6.01. The molecule has 4 rings (SSSR count). The van der Waals surface area contributed by atoms with Gasteiger partial charge in [0.1, 0.15) is 5.52 Å². The zero-order valence-corrected chi connectivity index (χ0v) is 19.4. The Morgan fingerprint density at radius 2 is 1.78 bits per heavy atom. The molecule has 1 aromatic heterocycles. The zero-order chi connectivity index (χ0) is 22.8. The highest BCUT2D eigenvalue weighted by Gasteiger charge is 2.15. The van der Waals surface area contributed by atoms with Crippen molar-refractivity contribution in [1.82, 2.24) is 4.98 Å². The number of fused-ring (bicyclic) bond motifs is 1. The number of aromatic nitrogens is 1.